The number of aromatic nitrogens is 2. The summed E-state index contributed by atoms with van der Waals surface area (Å²) >= 11 is 5.77. The first-order valence-corrected chi connectivity index (χ1v) is 5.07. The Hall–Kier alpha value is -1.68. The zero-order valence-corrected chi connectivity index (χ0v) is 9.08. The molecule has 0 radical (unpaired) electrons. The number of rotatable bonds is 3. The van der Waals surface area contributed by atoms with Crippen LogP contribution >= 0.6 is 11.6 Å². The Morgan fingerprint density at radius 1 is 1.31 bits per heavy atom. The van der Waals surface area contributed by atoms with Crippen LogP contribution in [0, 0.1) is 5.82 Å². The Kier molecular flexibility index (Phi) is 3.31. The normalized spacial score (nSPS) is 10.1. The lowest BCUT2D eigenvalue weighted by Crippen LogP contribution is -2.03. The van der Waals surface area contributed by atoms with Gasteiger partial charge in [-0.3, -0.25) is 0 Å². The van der Waals surface area contributed by atoms with E-state index in [-0.39, 0.29) is 5.82 Å². The third-order valence-corrected chi connectivity index (χ3v) is 2.27. The molecule has 0 atom stereocenters. The maximum atomic E-state index is 13.3. The van der Waals surface area contributed by atoms with Crippen molar-refractivity contribution in [3.8, 4) is 0 Å². The smallest absolute Gasteiger partial charge is 0.146 e. The van der Waals surface area contributed by atoms with Gasteiger partial charge in [0.1, 0.15) is 12.1 Å². The average molecular weight is 238 g/mol. The monoisotopic (exact) mass is 237 g/mol. The second kappa shape index (κ2) is 4.90. The minimum atomic E-state index is -0.335. The fourth-order valence-corrected chi connectivity index (χ4v) is 1.41. The van der Waals surface area contributed by atoms with Gasteiger partial charge in [-0.05, 0) is 24.3 Å². The zero-order valence-electron chi connectivity index (χ0n) is 8.32. The minimum absolute atomic E-state index is 0.335. The van der Waals surface area contributed by atoms with Crippen LogP contribution in [0.2, 0.25) is 5.02 Å². The summed E-state index contributed by atoms with van der Waals surface area (Å²) in [5, 5.41) is 3.41. The van der Waals surface area contributed by atoms with Crippen LogP contribution < -0.4 is 5.32 Å². The second-order valence-corrected chi connectivity index (χ2v) is 3.61. The molecule has 0 amide bonds. The molecule has 0 saturated heterocycles. The van der Waals surface area contributed by atoms with Gasteiger partial charge in [-0.25, -0.2) is 14.4 Å². The highest BCUT2D eigenvalue weighted by Crippen LogP contribution is 2.19. The van der Waals surface area contributed by atoms with Crippen molar-refractivity contribution in [2.45, 2.75) is 6.54 Å². The Bertz CT molecular complexity index is 476. The summed E-state index contributed by atoms with van der Waals surface area (Å²) in [5.41, 5.74) is 1.15. The predicted molar refractivity (Wildman–Crippen MR) is 60.8 cm³/mol. The lowest BCUT2D eigenvalue weighted by Gasteiger charge is -2.07. The van der Waals surface area contributed by atoms with Gasteiger partial charge >= 0.3 is 0 Å². The van der Waals surface area contributed by atoms with Gasteiger partial charge in [0, 0.05) is 11.2 Å². The van der Waals surface area contributed by atoms with Crippen LogP contribution in [0.25, 0.3) is 0 Å². The summed E-state index contributed by atoms with van der Waals surface area (Å²) in [6.07, 6.45) is 3.09. The van der Waals surface area contributed by atoms with Crippen LogP contribution in [0.4, 0.5) is 10.1 Å². The molecule has 0 aliphatic carbocycles. The van der Waals surface area contributed by atoms with E-state index in [0.29, 0.717) is 17.3 Å². The van der Waals surface area contributed by atoms with Crippen molar-refractivity contribution in [2.24, 2.45) is 0 Å². The van der Waals surface area contributed by atoms with Crippen LogP contribution in [0.15, 0.2) is 36.8 Å². The van der Waals surface area contributed by atoms with Gasteiger partial charge < -0.3 is 5.32 Å². The first-order chi connectivity index (χ1) is 7.75. The number of benzene rings is 1. The van der Waals surface area contributed by atoms with Crippen molar-refractivity contribution in [1.29, 1.82) is 0 Å². The number of anilines is 1. The van der Waals surface area contributed by atoms with Gasteiger partial charge in [0.05, 0.1) is 17.9 Å². The molecule has 82 valence electrons. The molecule has 2 rings (SSSR count). The molecule has 1 aromatic heterocycles. The Balaban J connectivity index is 2.08. The van der Waals surface area contributed by atoms with Crippen LogP contribution in [0.1, 0.15) is 5.69 Å². The van der Waals surface area contributed by atoms with E-state index >= 15 is 0 Å². The molecule has 0 saturated carbocycles. The van der Waals surface area contributed by atoms with E-state index in [0.717, 1.165) is 5.69 Å². The largest absolute Gasteiger partial charge is 0.377 e. The molecule has 1 aromatic carbocycles. The number of hydrogen-bond acceptors (Lipinski definition) is 3. The maximum Gasteiger partial charge on any atom is 0.146 e. The van der Waals surface area contributed by atoms with Gasteiger partial charge in [0.25, 0.3) is 0 Å². The Morgan fingerprint density at radius 3 is 2.94 bits per heavy atom. The molecule has 1 heterocycles. The molecule has 3 nitrogen and oxygen atoms in total. The van der Waals surface area contributed by atoms with E-state index < -0.39 is 0 Å². The lowest BCUT2D eigenvalue weighted by molar-refractivity contribution is 0.630. The summed E-state index contributed by atoms with van der Waals surface area (Å²) in [6, 6.07) is 6.13. The highest BCUT2D eigenvalue weighted by molar-refractivity contribution is 6.30. The van der Waals surface area contributed by atoms with Crippen molar-refractivity contribution in [3.63, 3.8) is 0 Å². The molecule has 2 aromatic rings. The van der Waals surface area contributed by atoms with Crippen LogP contribution in [0.3, 0.4) is 0 Å². The average Bonchev–Trinajstić information content (AvgIpc) is 2.32. The molecule has 0 bridgehead atoms. The van der Waals surface area contributed by atoms with Crippen LogP contribution in [-0.4, -0.2) is 9.97 Å². The second-order valence-electron chi connectivity index (χ2n) is 3.18. The standard InChI is InChI=1S/C11H9ClFN3/c12-8-1-2-10(13)11(5-8)15-6-9-3-4-14-7-16-9/h1-5,7,15H,6H2. The van der Waals surface area contributed by atoms with E-state index in [4.69, 9.17) is 11.6 Å². The SMILES string of the molecule is Fc1ccc(Cl)cc1NCc1ccncn1. The summed E-state index contributed by atoms with van der Waals surface area (Å²) < 4.78 is 13.3. The van der Waals surface area contributed by atoms with Gasteiger partial charge in [0.2, 0.25) is 0 Å². The molecule has 0 aliphatic rings. The van der Waals surface area contributed by atoms with Gasteiger partial charge in [-0.1, -0.05) is 11.6 Å². The molecule has 0 fully saturated rings. The fraction of sp³-hybridized carbons (Fsp3) is 0.0909. The van der Waals surface area contributed by atoms with Gasteiger partial charge in [-0.15, -0.1) is 0 Å². The van der Waals surface area contributed by atoms with Crippen molar-refractivity contribution in [3.05, 3.63) is 53.3 Å². The Morgan fingerprint density at radius 2 is 2.19 bits per heavy atom. The topological polar surface area (TPSA) is 37.8 Å². The van der Waals surface area contributed by atoms with E-state index in [2.05, 4.69) is 15.3 Å². The molecule has 0 unspecified atom stereocenters. The fourth-order valence-electron chi connectivity index (χ4n) is 1.24. The summed E-state index contributed by atoms with van der Waals surface area (Å²) in [4.78, 5) is 7.81. The quantitative estimate of drug-likeness (QED) is 0.892. The molecule has 16 heavy (non-hydrogen) atoms. The molecule has 5 heteroatoms. The highest BCUT2D eigenvalue weighted by Gasteiger charge is 2.02. The zero-order chi connectivity index (χ0) is 11.4. The number of nitrogens with zero attached hydrogens (tertiary/aromatic N) is 2. The predicted octanol–water partition coefficient (Wildman–Crippen LogP) is 2.88. The van der Waals surface area contributed by atoms with E-state index in [9.17, 15) is 4.39 Å². The first kappa shape index (κ1) is 10.8. The van der Waals surface area contributed by atoms with E-state index in [1.165, 1.54) is 24.5 Å². The third-order valence-electron chi connectivity index (χ3n) is 2.03. The summed E-state index contributed by atoms with van der Waals surface area (Å²) in [6.45, 7) is 0.430. The van der Waals surface area contributed by atoms with Gasteiger partial charge in [-0.2, -0.15) is 0 Å². The molecule has 0 aliphatic heterocycles. The van der Waals surface area contributed by atoms with E-state index in [1.54, 1.807) is 12.3 Å². The van der Waals surface area contributed by atoms with Gasteiger partial charge in [0.15, 0.2) is 0 Å². The van der Waals surface area contributed by atoms with Crippen LogP contribution in [-0.2, 0) is 6.54 Å². The maximum absolute atomic E-state index is 13.3. The summed E-state index contributed by atoms with van der Waals surface area (Å²) in [7, 11) is 0. The molecular weight excluding hydrogens is 229 g/mol. The number of halogens is 2. The number of hydrogen-bond donors (Lipinski definition) is 1. The van der Waals surface area contributed by atoms with E-state index in [1.807, 2.05) is 0 Å². The van der Waals surface area contributed by atoms with Crippen molar-refractivity contribution in [2.75, 3.05) is 5.32 Å². The van der Waals surface area contributed by atoms with Crippen molar-refractivity contribution < 1.29 is 4.39 Å². The minimum Gasteiger partial charge on any atom is -0.377 e. The lowest BCUT2D eigenvalue weighted by atomic mass is 10.3. The molecule has 0 spiro atoms. The molecule has 1 N–H and O–H groups in total. The van der Waals surface area contributed by atoms with Crippen LogP contribution in [0.5, 0.6) is 0 Å². The summed E-state index contributed by atoms with van der Waals surface area (Å²) in [5.74, 6) is -0.335. The number of nitrogens with one attached hydrogen (secondary N) is 1. The third kappa shape index (κ3) is 2.67. The Labute approximate surface area is 97.3 Å². The van der Waals surface area contributed by atoms with Crippen molar-refractivity contribution in [1.82, 2.24) is 9.97 Å². The molecular formula is C11H9ClFN3. The first-order valence-electron chi connectivity index (χ1n) is 4.69. The highest BCUT2D eigenvalue weighted by atomic mass is 35.5. The van der Waals surface area contributed by atoms with Crippen molar-refractivity contribution >= 4 is 17.3 Å².